The first-order chi connectivity index (χ1) is 8.31. The van der Waals surface area contributed by atoms with Crippen LogP contribution in [0.2, 0.25) is 0 Å². The smallest absolute Gasteiger partial charge is 0.303 e. The van der Waals surface area contributed by atoms with Gasteiger partial charge in [-0.1, -0.05) is 0 Å². The number of carboxylic acids is 1. The zero-order chi connectivity index (χ0) is 13.8. The Morgan fingerprint density at radius 1 is 1.39 bits per heavy atom. The van der Waals surface area contributed by atoms with Crippen molar-refractivity contribution in [2.75, 3.05) is 0 Å². The Bertz CT molecular complexity index is 512. The number of hydrogen-bond donors (Lipinski definition) is 2. The number of aliphatic carboxylic acids is 1. The van der Waals surface area contributed by atoms with Crippen LogP contribution in [-0.4, -0.2) is 25.5 Å². The van der Waals surface area contributed by atoms with Crippen LogP contribution in [0.5, 0.6) is 0 Å². The van der Waals surface area contributed by atoms with Crippen LogP contribution in [0.4, 0.5) is 0 Å². The summed E-state index contributed by atoms with van der Waals surface area (Å²) >= 11 is 2.09. The van der Waals surface area contributed by atoms with E-state index >= 15 is 0 Å². The highest BCUT2D eigenvalue weighted by atomic mass is 127. The molecule has 0 fully saturated rings. The summed E-state index contributed by atoms with van der Waals surface area (Å²) in [6.07, 6.45) is 0.204. The summed E-state index contributed by atoms with van der Waals surface area (Å²) in [5.41, 5.74) is 0. The lowest BCUT2D eigenvalue weighted by atomic mass is 10.2. The fraction of sp³-hybridized carbons (Fsp3) is 0.364. The van der Waals surface area contributed by atoms with Crippen LogP contribution < -0.4 is 4.72 Å². The maximum atomic E-state index is 11.9. The van der Waals surface area contributed by atoms with Crippen LogP contribution in [0.15, 0.2) is 29.2 Å². The highest BCUT2D eigenvalue weighted by Gasteiger charge is 2.17. The van der Waals surface area contributed by atoms with Gasteiger partial charge in [-0.25, -0.2) is 13.1 Å². The lowest BCUT2D eigenvalue weighted by molar-refractivity contribution is -0.137. The van der Waals surface area contributed by atoms with Crippen molar-refractivity contribution in [3.8, 4) is 0 Å². The van der Waals surface area contributed by atoms with Gasteiger partial charge in [0.1, 0.15) is 0 Å². The average molecular weight is 383 g/mol. The molecule has 0 saturated heterocycles. The van der Waals surface area contributed by atoms with Gasteiger partial charge in [-0.15, -0.1) is 0 Å². The second-order valence-electron chi connectivity index (χ2n) is 3.91. The topological polar surface area (TPSA) is 83.5 Å². The first-order valence-electron chi connectivity index (χ1n) is 5.31. The molecule has 0 aromatic heterocycles. The number of sulfonamides is 1. The Labute approximate surface area is 120 Å². The van der Waals surface area contributed by atoms with Crippen molar-refractivity contribution in [3.63, 3.8) is 0 Å². The Morgan fingerprint density at radius 3 is 2.44 bits per heavy atom. The average Bonchev–Trinajstić information content (AvgIpc) is 2.26. The Kier molecular flexibility index (Phi) is 5.54. The molecule has 0 aliphatic rings. The van der Waals surface area contributed by atoms with E-state index in [2.05, 4.69) is 27.3 Å². The van der Waals surface area contributed by atoms with Gasteiger partial charge in [-0.2, -0.15) is 0 Å². The molecule has 1 aromatic rings. The van der Waals surface area contributed by atoms with Crippen molar-refractivity contribution >= 4 is 38.6 Å². The van der Waals surface area contributed by atoms with E-state index in [9.17, 15) is 13.2 Å². The van der Waals surface area contributed by atoms with Gasteiger partial charge in [0, 0.05) is 16.0 Å². The van der Waals surface area contributed by atoms with Gasteiger partial charge in [0.05, 0.1) is 4.90 Å². The summed E-state index contributed by atoms with van der Waals surface area (Å²) in [4.78, 5) is 10.6. The van der Waals surface area contributed by atoms with Gasteiger partial charge in [0.2, 0.25) is 10.0 Å². The molecule has 0 bridgehead atoms. The van der Waals surface area contributed by atoms with Crippen LogP contribution in [0.1, 0.15) is 19.8 Å². The highest BCUT2D eigenvalue weighted by Crippen LogP contribution is 2.13. The van der Waals surface area contributed by atoms with Gasteiger partial charge >= 0.3 is 5.97 Å². The predicted octanol–water partition coefficient (Wildman–Crippen LogP) is 1.82. The highest BCUT2D eigenvalue weighted by molar-refractivity contribution is 14.1. The van der Waals surface area contributed by atoms with Gasteiger partial charge in [0.25, 0.3) is 0 Å². The molecule has 0 amide bonds. The van der Waals surface area contributed by atoms with Crippen molar-refractivity contribution in [1.29, 1.82) is 0 Å². The van der Waals surface area contributed by atoms with Crippen molar-refractivity contribution in [3.05, 3.63) is 27.8 Å². The lowest BCUT2D eigenvalue weighted by Gasteiger charge is -2.13. The quantitative estimate of drug-likeness (QED) is 0.735. The van der Waals surface area contributed by atoms with Crippen LogP contribution in [0.3, 0.4) is 0 Å². The molecule has 1 rings (SSSR count). The summed E-state index contributed by atoms with van der Waals surface area (Å²) in [5.74, 6) is -0.935. The van der Waals surface area contributed by atoms with Crippen molar-refractivity contribution in [2.45, 2.75) is 30.7 Å². The molecule has 7 heteroatoms. The minimum atomic E-state index is -3.57. The largest absolute Gasteiger partial charge is 0.481 e. The molecular formula is C11H14INO4S. The van der Waals surface area contributed by atoms with E-state index in [0.717, 1.165) is 3.57 Å². The molecule has 1 atom stereocenters. The number of halogens is 1. The molecule has 0 aliphatic carbocycles. The summed E-state index contributed by atoms with van der Waals surface area (Å²) in [6, 6.07) is 6.04. The monoisotopic (exact) mass is 383 g/mol. The third-order valence-corrected chi connectivity index (χ3v) is 4.60. The first-order valence-corrected chi connectivity index (χ1v) is 7.87. The maximum Gasteiger partial charge on any atom is 0.303 e. The fourth-order valence-electron chi connectivity index (χ4n) is 1.35. The Morgan fingerprint density at radius 2 is 1.94 bits per heavy atom. The maximum absolute atomic E-state index is 11.9. The number of hydrogen-bond acceptors (Lipinski definition) is 3. The minimum Gasteiger partial charge on any atom is -0.481 e. The van der Waals surface area contributed by atoms with Gasteiger partial charge in [-0.05, 0) is 60.2 Å². The van der Waals surface area contributed by atoms with E-state index in [-0.39, 0.29) is 17.7 Å². The molecule has 0 aliphatic heterocycles. The molecule has 18 heavy (non-hydrogen) atoms. The molecular weight excluding hydrogens is 369 g/mol. The minimum absolute atomic E-state index is 0.0592. The van der Waals surface area contributed by atoms with Gasteiger partial charge in [0.15, 0.2) is 0 Å². The van der Waals surface area contributed by atoms with E-state index < -0.39 is 22.0 Å². The number of benzene rings is 1. The standard InChI is InChI=1S/C11H14INO4S/c1-8(2-7-11(14)15)13-18(16,17)10-5-3-9(12)4-6-10/h3-6,8,13H,2,7H2,1H3,(H,14,15). The van der Waals surface area contributed by atoms with Crippen molar-refractivity contribution < 1.29 is 18.3 Å². The zero-order valence-corrected chi connectivity index (χ0v) is 12.7. The number of nitrogens with one attached hydrogen (secondary N) is 1. The van der Waals surface area contributed by atoms with E-state index in [1.165, 1.54) is 12.1 Å². The normalized spacial score (nSPS) is 13.2. The molecule has 1 unspecified atom stereocenters. The summed E-state index contributed by atoms with van der Waals surface area (Å²) in [7, 11) is -3.57. The van der Waals surface area contributed by atoms with Crippen molar-refractivity contribution in [1.82, 2.24) is 4.72 Å². The summed E-state index contributed by atoms with van der Waals surface area (Å²) in [5, 5.41) is 8.53. The molecule has 0 spiro atoms. The van der Waals surface area contributed by atoms with Gasteiger partial charge in [-0.3, -0.25) is 4.79 Å². The third kappa shape index (κ3) is 4.91. The molecule has 100 valence electrons. The predicted molar refractivity (Wildman–Crippen MR) is 75.8 cm³/mol. The second kappa shape index (κ2) is 6.48. The Balaban J connectivity index is 2.70. The fourth-order valence-corrected chi connectivity index (χ4v) is 2.98. The summed E-state index contributed by atoms with van der Waals surface area (Å²) in [6.45, 7) is 1.65. The van der Waals surface area contributed by atoms with Crippen LogP contribution in [-0.2, 0) is 14.8 Å². The molecule has 0 heterocycles. The van der Waals surface area contributed by atoms with Gasteiger partial charge < -0.3 is 5.11 Å². The first kappa shape index (κ1) is 15.4. The van der Waals surface area contributed by atoms with E-state index in [1.807, 2.05) is 0 Å². The molecule has 1 aromatic carbocycles. The zero-order valence-electron chi connectivity index (χ0n) is 9.76. The van der Waals surface area contributed by atoms with Crippen LogP contribution in [0, 0.1) is 3.57 Å². The van der Waals surface area contributed by atoms with Crippen LogP contribution in [0.25, 0.3) is 0 Å². The molecule has 0 saturated carbocycles. The SMILES string of the molecule is CC(CCC(=O)O)NS(=O)(=O)c1ccc(I)cc1. The molecule has 2 N–H and O–H groups in total. The van der Waals surface area contributed by atoms with E-state index in [0.29, 0.717) is 0 Å². The number of carbonyl (C=O) groups is 1. The Hall–Kier alpha value is -0.670. The van der Waals surface area contributed by atoms with Crippen molar-refractivity contribution in [2.24, 2.45) is 0 Å². The van der Waals surface area contributed by atoms with Crippen LogP contribution >= 0.6 is 22.6 Å². The number of rotatable bonds is 6. The second-order valence-corrected chi connectivity index (χ2v) is 6.87. The van der Waals surface area contributed by atoms with E-state index in [4.69, 9.17) is 5.11 Å². The molecule has 0 radical (unpaired) electrons. The summed E-state index contributed by atoms with van der Waals surface area (Å²) < 4.78 is 27.3. The molecule has 5 nitrogen and oxygen atoms in total. The lowest BCUT2D eigenvalue weighted by Crippen LogP contribution is -2.32. The third-order valence-electron chi connectivity index (χ3n) is 2.27. The van der Waals surface area contributed by atoms with E-state index in [1.54, 1.807) is 19.1 Å². The number of carboxylic acid groups (broad SMARTS) is 1.